The third kappa shape index (κ3) is 5.34. The van der Waals surface area contributed by atoms with Crippen LogP contribution in [0.4, 0.5) is 0 Å². The highest BCUT2D eigenvalue weighted by Gasteiger charge is 2.31. The van der Waals surface area contributed by atoms with Gasteiger partial charge in [0.1, 0.15) is 6.04 Å². The average Bonchev–Trinajstić information content (AvgIpc) is 2.70. The molecule has 0 spiro atoms. The first-order valence-electron chi connectivity index (χ1n) is 8.42. The summed E-state index contributed by atoms with van der Waals surface area (Å²) in [6.07, 6.45) is 7.75. The molecule has 3 amide bonds. The number of hydrogen-bond acceptors (Lipinski definition) is 3. The molecule has 2 rings (SSSR count). The second-order valence-corrected chi connectivity index (χ2v) is 5.94. The van der Waals surface area contributed by atoms with Crippen LogP contribution in [0.3, 0.4) is 0 Å². The molecule has 2 atom stereocenters. The zero-order chi connectivity index (χ0) is 17.4. The molecule has 5 nitrogen and oxygen atoms in total. The van der Waals surface area contributed by atoms with Crippen LogP contribution in [0.5, 0.6) is 0 Å². The Labute approximate surface area is 138 Å². The molecule has 2 aliphatic rings. The van der Waals surface area contributed by atoms with Gasteiger partial charge < -0.3 is 4.90 Å². The van der Waals surface area contributed by atoms with E-state index in [0.29, 0.717) is 25.3 Å². The Hall–Kier alpha value is -1.91. The van der Waals surface area contributed by atoms with Crippen LogP contribution < -0.4 is 5.32 Å². The molecule has 1 N–H and O–H groups in total. The first kappa shape index (κ1) is 19.1. The van der Waals surface area contributed by atoms with Crippen molar-refractivity contribution in [1.82, 2.24) is 10.2 Å². The number of amides is 3. The number of nitrogens with one attached hydrogen (secondary N) is 1. The Morgan fingerprint density at radius 1 is 1.26 bits per heavy atom. The Balaban J connectivity index is 0.00000127. The third-order valence-electron chi connectivity index (χ3n) is 4.20. The fourth-order valence-electron chi connectivity index (χ4n) is 2.72. The van der Waals surface area contributed by atoms with Gasteiger partial charge >= 0.3 is 0 Å². The van der Waals surface area contributed by atoms with Crippen LogP contribution in [0.2, 0.25) is 0 Å². The summed E-state index contributed by atoms with van der Waals surface area (Å²) < 4.78 is 0. The summed E-state index contributed by atoms with van der Waals surface area (Å²) in [6.45, 7) is 8.66. The van der Waals surface area contributed by atoms with Crippen molar-refractivity contribution in [1.29, 1.82) is 0 Å². The number of carbonyl (C=O) groups excluding carboxylic acids is 3. The van der Waals surface area contributed by atoms with Gasteiger partial charge in [-0.15, -0.1) is 0 Å². The molecule has 0 aromatic heterocycles. The van der Waals surface area contributed by atoms with Gasteiger partial charge in [-0.1, -0.05) is 38.5 Å². The highest BCUT2D eigenvalue weighted by molar-refractivity contribution is 6.00. The molecule has 0 bridgehead atoms. The Bertz CT molecular complexity index is 508. The van der Waals surface area contributed by atoms with E-state index in [0.717, 1.165) is 18.4 Å². The topological polar surface area (TPSA) is 66.5 Å². The first-order chi connectivity index (χ1) is 11.0. The number of carbonyl (C=O) groups is 3. The summed E-state index contributed by atoms with van der Waals surface area (Å²) >= 11 is 0. The molecule has 0 saturated carbocycles. The lowest BCUT2D eigenvalue weighted by molar-refractivity contribution is -0.140. The van der Waals surface area contributed by atoms with Gasteiger partial charge in [0.2, 0.25) is 18.2 Å². The average molecular weight is 320 g/mol. The summed E-state index contributed by atoms with van der Waals surface area (Å²) in [7, 11) is 0. The van der Waals surface area contributed by atoms with Crippen molar-refractivity contribution in [2.75, 3.05) is 6.54 Å². The van der Waals surface area contributed by atoms with E-state index in [9.17, 15) is 14.4 Å². The standard InChI is InChI=1S/C16H22N2O3.C2H6/c1-11-3-5-12(2)13(6-4-11)9-18(10-19)14-7-8-15(20)17-16(14)21;1-2/h5-6,10-11,14H,3-4,7-9H2,1-2H3,(H,17,20,21);1-2H3. The van der Waals surface area contributed by atoms with Gasteiger partial charge in [0.15, 0.2) is 0 Å². The number of rotatable bonds is 4. The predicted molar refractivity (Wildman–Crippen MR) is 90.5 cm³/mol. The molecule has 1 aliphatic carbocycles. The molecule has 23 heavy (non-hydrogen) atoms. The number of nitrogens with zero attached hydrogens (tertiary/aromatic N) is 1. The van der Waals surface area contributed by atoms with Gasteiger partial charge in [0, 0.05) is 13.0 Å². The summed E-state index contributed by atoms with van der Waals surface area (Å²) in [5.41, 5.74) is 2.26. The molecule has 1 aliphatic heterocycles. The summed E-state index contributed by atoms with van der Waals surface area (Å²) in [6, 6.07) is -0.547. The van der Waals surface area contributed by atoms with Gasteiger partial charge in [0.25, 0.3) is 0 Å². The quantitative estimate of drug-likeness (QED) is 0.639. The summed E-state index contributed by atoms with van der Waals surface area (Å²) in [5.74, 6) is -0.0408. The number of hydrogen-bond donors (Lipinski definition) is 1. The molecule has 128 valence electrons. The lowest BCUT2D eigenvalue weighted by Crippen LogP contribution is -2.52. The molecule has 1 saturated heterocycles. The molecule has 1 heterocycles. The fourth-order valence-corrected chi connectivity index (χ4v) is 2.72. The molecule has 1 fully saturated rings. The minimum absolute atomic E-state index is 0.263. The molecule has 0 aromatic rings. The van der Waals surface area contributed by atoms with E-state index < -0.39 is 6.04 Å². The van der Waals surface area contributed by atoms with E-state index in [-0.39, 0.29) is 18.2 Å². The van der Waals surface area contributed by atoms with Crippen molar-refractivity contribution >= 4 is 18.2 Å². The minimum atomic E-state index is -0.547. The van der Waals surface area contributed by atoms with Crippen molar-refractivity contribution in [3.8, 4) is 0 Å². The molecular weight excluding hydrogens is 292 g/mol. The second kappa shape index (κ2) is 9.28. The van der Waals surface area contributed by atoms with Crippen LogP contribution in [-0.4, -0.2) is 35.7 Å². The van der Waals surface area contributed by atoms with Gasteiger partial charge in [-0.25, -0.2) is 0 Å². The summed E-state index contributed by atoms with van der Waals surface area (Å²) in [5, 5.41) is 2.30. The SMILES string of the molecule is CC.CC1=CCC(C)CC=C1CN(C=O)C1CCC(=O)NC1=O. The normalized spacial score (nSPS) is 24.3. The predicted octanol–water partition coefficient (Wildman–Crippen LogP) is 2.58. The maximum atomic E-state index is 11.9. The lowest BCUT2D eigenvalue weighted by Gasteiger charge is -2.30. The first-order valence-corrected chi connectivity index (χ1v) is 8.42. The molecule has 5 heteroatoms. The monoisotopic (exact) mass is 320 g/mol. The van der Waals surface area contributed by atoms with Crippen molar-refractivity contribution in [2.24, 2.45) is 5.92 Å². The highest BCUT2D eigenvalue weighted by Crippen LogP contribution is 2.23. The van der Waals surface area contributed by atoms with Gasteiger partial charge in [-0.3, -0.25) is 19.7 Å². The van der Waals surface area contributed by atoms with Crippen LogP contribution in [0.15, 0.2) is 23.3 Å². The number of allylic oxidation sites excluding steroid dienone is 2. The zero-order valence-corrected chi connectivity index (χ0v) is 14.6. The van der Waals surface area contributed by atoms with Gasteiger partial charge in [0.05, 0.1) is 0 Å². The number of piperidine rings is 1. The molecular formula is C18H28N2O3. The fraction of sp³-hybridized carbons (Fsp3) is 0.611. The van der Waals surface area contributed by atoms with E-state index >= 15 is 0 Å². The molecule has 0 aromatic carbocycles. The van der Waals surface area contributed by atoms with Crippen LogP contribution in [0.1, 0.15) is 53.4 Å². The van der Waals surface area contributed by atoms with E-state index in [4.69, 9.17) is 0 Å². The number of imide groups is 1. The molecule has 2 unspecified atom stereocenters. The molecule has 0 radical (unpaired) electrons. The highest BCUT2D eigenvalue weighted by atomic mass is 16.2. The lowest BCUT2D eigenvalue weighted by atomic mass is 10.0. The zero-order valence-electron chi connectivity index (χ0n) is 14.6. The van der Waals surface area contributed by atoms with Crippen LogP contribution in [0.25, 0.3) is 0 Å². The Morgan fingerprint density at radius 2 is 1.91 bits per heavy atom. The minimum Gasteiger partial charge on any atom is -0.329 e. The third-order valence-corrected chi connectivity index (χ3v) is 4.20. The van der Waals surface area contributed by atoms with Gasteiger partial charge in [-0.05, 0) is 37.7 Å². The van der Waals surface area contributed by atoms with Crippen LogP contribution in [0, 0.1) is 5.92 Å². The van der Waals surface area contributed by atoms with E-state index in [1.807, 2.05) is 20.8 Å². The van der Waals surface area contributed by atoms with Crippen molar-refractivity contribution < 1.29 is 14.4 Å². The van der Waals surface area contributed by atoms with Crippen molar-refractivity contribution in [3.05, 3.63) is 23.3 Å². The van der Waals surface area contributed by atoms with Crippen molar-refractivity contribution in [2.45, 2.75) is 59.4 Å². The Morgan fingerprint density at radius 3 is 2.52 bits per heavy atom. The maximum Gasteiger partial charge on any atom is 0.249 e. The van der Waals surface area contributed by atoms with E-state index in [1.54, 1.807) is 0 Å². The van der Waals surface area contributed by atoms with Gasteiger partial charge in [-0.2, -0.15) is 0 Å². The van der Waals surface area contributed by atoms with Crippen LogP contribution in [-0.2, 0) is 14.4 Å². The van der Waals surface area contributed by atoms with Crippen LogP contribution >= 0.6 is 0 Å². The Kier molecular flexibility index (Phi) is 7.72. The van der Waals surface area contributed by atoms with E-state index in [2.05, 4.69) is 24.4 Å². The maximum absolute atomic E-state index is 11.9. The smallest absolute Gasteiger partial charge is 0.249 e. The summed E-state index contributed by atoms with van der Waals surface area (Å²) in [4.78, 5) is 36.0. The largest absolute Gasteiger partial charge is 0.329 e. The second-order valence-electron chi connectivity index (χ2n) is 5.94. The van der Waals surface area contributed by atoms with Crippen molar-refractivity contribution in [3.63, 3.8) is 0 Å². The van der Waals surface area contributed by atoms with E-state index in [1.165, 1.54) is 10.5 Å².